The first-order valence-electron chi connectivity index (χ1n) is 6.09. The standard InChI is InChI=1S/C15H12N4O/c16-15-18-13(10-4-2-1-3-5-10)17-14(19-15)11-6-8-12(20)9-7-11/h1-9,20H,(H2,16,17,18,19). The average Bonchev–Trinajstić information content (AvgIpc) is 2.48. The van der Waals surface area contributed by atoms with Gasteiger partial charge < -0.3 is 10.8 Å². The molecular formula is C15H12N4O. The molecule has 0 bridgehead atoms. The third-order valence-corrected chi connectivity index (χ3v) is 2.81. The molecule has 0 aliphatic heterocycles. The predicted molar refractivity (Wildman–Crippen MR) is 76.8 cm³/mol. The quantitative estimate of drug-likeness (QED) is 0.742. The molecule has 0 saturated carbocycles. The zero-order chi connectivity index (χ0) is 13.9. The van der Waals surface area contributed by atoms with Gasteiger partial charge in [-0.1, -0.05) is 30.3 Å². The number of hydrogen-bond acceptors (Lipinski definition) is 5. The molecule has 2 aromatic carbocycles. The number of anilines is 1. The van der Waals surface area contributed by atoms with E-state index in [1.165, 1.54) is 0 Å². The number of nitrogens with zero attached hydrogens (tertiary/aromatic N) is 3. The molecule has 0 radical (unpaired) electrons. The lowest BCUT2D eigenvalue weighted by atomic mass is 10.2. The third-order valence-electron chi connectivity index (χ3n) is 2.81. The Kier molecular flexibility index (Phi) is 3.01. The van der Waals surface area contributed by atoms with Gasteiger partial charge in [0.15, 0.2) is 11.6 Å². The molecule has 0 saturated heterocycles. The van der Waals surface area contributed by atoms with E-state index in [-0.39, 0.29) is 11.7 Å². The van der Waals surface area contributed by atoms with Gasteiger partial charge in [0.25, 0.3) is 0 Å². The van der Waals surface area contributed by atoms with E-state index in [2.05, 4.69) is 15.0 Å². The lowest BCUT2D eigenvalue weighted by Crippen LogP contribution is -2.02. The number of rotatable bonds is 2. The summed E-state index contributed by atoms with van der Waals surface area (Å²) in [7, 11) is 0. The van der Waals surface area contributed by atoms with Crippen LogP contribution in [0, 0.1) is 0 Å². The molecule has 3 rings (SSSR count). The van der Waals surface area contributed by atoms with Crippen LogP contribution in [0.25, 0.3) is 22.8 Å². The SMILES string of the molecule is Nc1nc(-c2ccccc2)nc(-c2ccc(O)cc2)n1. The van der Waals surface area contributed by atoms with Crippen molar-refractivity contribution in [2.45, 2.75) is 0 Å². The first-order chi connectivity index (χ1) is 9.72. The minimum absolute atomic E-state index is 0.168. The van der Waals surface area contributed by atoms with Gasteiger partial charge >= 0.3 is 0 Å². The van der Waals surface area contributed by atoms with Gasteiger partial charge in [-0.05, 0) is 24.3 Å². The van der Waals surface area contributed by atoms with E-state index in [9.17, 15) is 5.11 Å². The van der Waals surface area contributed by atoms with Gasteiger partial charge in [0, 0.05) is 11.1 Å². The summed E-state index contributed by atoms with van der Waals surface area (Å²) in [5, 5.41) is 9.31. The molecule has 5 nitrogen and oxygen atoms in total. The fourth-order valence-electron chi connectivity index (χ4n) is 1.85. The van der Waals surface area contributed by atoms with E-state index in [0.717, 1.165) is 11.1 Å². The average molecular weight is 264 g/mol. The van der Waals surface area contributed by atoms with Crippen molar-refractivity contribution >= 4 is 5.95 Å². The summed E-state index contributed by atoms with van der Waals surface area (Å²) in [5.74, 6) is 1.37. The molecule has 0 atom stereocenters. The number of aromatic hydroxyl groups is 1. The fourth-order valence-corrected chi connectivity index (χ4v) is 1.85. The van der Waals surface area contributed by atoms with E-state index in [1.807, 2.05) is 30.3 Å². The first kappa shape index (κ1) is 12.1. The Morgan fingerprint density at radius 1 is 0.700 bits per heavy atom. The van der Waals surface area contributed by atoms with Crippen molar-refractivity contribution in [3.05, 3.63) is 54.6 Å². The van der Waals surface area contributed by atoms with Gasteiger partial charge in [-0.25, -0.2) is 4.98 Å². The molecule has 0 aliphatic rings. The highest BCUT2D eigenvalue weighted by Gasteiger charge is 2.08. The van der Waals surface area contributed by atoms with E-state index in [0.29, 0.717) is 11.6 Å². The Bertz CT molecular complexity index is 727. The topological polar surface area (TPSA) is 84.9 Å². The monoisotopic (exact) mass is 264 g/mol. The van der Waals surface area contributed by atoms with Crippen LogP contribution in [0.5, 0.6) is 5.75 Å². The smallest absolute Gasteiger partial charge is 0.224 e. The first-order valence-corrected chi connectivity index (χ1v) is 6.09. The molecule has 0 aliphatic carbocycles. The van der Waals surface area contributed by atoms with Crippen LogP contribution in [0.3, 0.4) is 0 Å². The summed E-state index contributed by atoms with van der Waals surface area (Å²) < 4.78 is 0. The Morgan fingerprint density at radius 3 is 1.85 bits per heavy atom. The molecule has 3 N–H and O–H groups in total. The molecule has 98 valence electrons. The van der Waals surface area contributed by atoms with Crippen molar-refractivity contribution in [1.29, 1.82) is 0 Å². The maximum atomic E-state index is 9.31. The summed E-state index contributed by atoms with van der Waals surface area (Å²) >= 11 is 0. The van der Waals surface area contributed by atoms with Crippen LogP contribution in [0.1, 0.15) is 0 Å². The predicted octanol–water partition coefficient (Wildman–Crippen LogP) is 2.49. The second-order valence-corrected chi connectivity index (χ2v) is 4.25. The van der Waals surface area contributed by atoms with Gasteiger partial charge in [0.2, 0.25) is 5.95 Å². The van der Waals surface area contributed by atoms with Crippen LogP contribution >= 0.6 is 0 Å². The lowest BCUT2D eigenvalue weighted by molar-refractivity contribution is 0.475. The van der Waals surface area contributed by atoms with Crippen molar-refractivity contribution in [3.8, 4) is 28.5 Å². The zero-order valence-electron chi connectivity index (χ0n) is 10.6. The van der Waals surface area contributed by atoms with E-state index in [4.69, 9.17) is 5.73 Å². The van der Waals surface area contributed by atoms with Crippen molar-refractivity contribution in [2.24, 2.45) is 0 Å². The van der Waals surface area contributed by atoms with Crippen LogP contribution < -0.4 is 5.73 Å². The normalized spacial score (nSPS) is 10.4. The molecule has 20 heavy (non-hydrogen) atoms. The lowest BCUT2D eigenvalue weighted by Gasteiger charge is -2.05. The van der Waals surface area contributed by atoms with Crippen LogP contribution in [-0.2, 0) is 0 Å². The second kappa shape index (κ2) is 4.97. The molecular weight excluding hydrogens is 252 g/mol. The summed E-state index contributed by atoms with van der Waals surface area (Å²) in [4.78, 5) is 12.7. The second-order valence-electron chi connectivity index (χ2n) is 4.25. The Balaban J connectivity index is 2.09. The summed E-state index contributed by atoms with van der Waals surface area (Å²) in [6, 6.07) is 16.2. The molecule has 0 spiro atoms. The number of aromatic nitrogens is 3. The van der Waals surface area contributed by atoms with Gasteiger partial charge in [0.05, 0.1) is 0 Å². The highest BCUT2D eigenvalue weighted by molar-refractivity contribution is 5.62. The highest BCUT2D eigenvalue weighted by Crippen LogP contribution is 2.22. The van der Waals surface area contributed by atoms with Crippen molar-refractivity contribution in [1.82, 2.24) is 15.0 Å². The zero-order valence-corrected chi connectivity index (χ0v) is 10.6. The minimum atomic E-state index is 0.168. The van der Waals surface area contributed by atoms with Crippen molar-refractivity contribution < 1.29 is 5.11 Å². The van der Waals surface area contributed by atoms with Gasteiger partial charge in [-0.2, -0.15) is 9.97 Å². The maximum absolute atomic E-state index is 9.31. The number of phenolic OH excluding ortho intramolecular Hbond substituents is 1. The van der Waals surface area contributed by atoms with Crippen LogP contribution in [-0.4, -0.2) is 20.1 Å². The summed E-state index contributed by atoms with van der Waals surface area (Å²) in [6.07, 6.45) is 0. The molecule has 0 fully saturated rings. The molecule has 5 heteroatoms. The Labute approximate surface area is 115 Å². The highest BCUT2D eigenvalue weighted by atomic mass is 16.3. The van der Waals surface area contributed by atoms with E-state index < -0.39 is 0 Å². The van der Waals surface area contributed by atoms with Crippen molar-refractivity contribution in [2.75, 3.05) is 5.73 Å². The summed E-state index contributed by atoms with van der Waals surface area (Å²) in [5.41, 5.74) is 7.40. The van der Waals surface area contributed by atoms with Crippen molar-refractivity contribution in [3.63, 3.8) is 0 Å². The number of hydrogen-bond donors (Lipinski definition) is 2. The maximum Gasteiger partial charge on any atom is 0.224 e. The Hall–Kier alpha value is -2.95. The molecule has 1 heterocycles. The van der Waals surface area contributed by atoms with Crippen LogP contribution in [0.2, 0.25) is 0 Å². The van der Waals surface area contributed by atoms with Gasteiger partial charge in [-0.3, -0.25) is 0 Å². The fraction of sp³-hybridized carbons (Fsp3) is 0. The number of nitrogens with two attached hydrogens (primary N) is 1. The van der Waals surface area contributed by atoms with E-state index >= 15 is 0 Å². The number of nitrogen functional groups attached to an aromatic ring is 1. The van der Waals surface area contributed by atoms with E-state index in [1.54, 1.807) is 24.3 Å². The summed E-state index contributed by atoms with van der Waals surface area (Å²) in [6.45, 7) is 0. The molecule has 3 aromatic rings. The molecule has 1 aromatic heterocycles. The third kappa shape index (κ3) is 2.42. The number of phenols is 1. The molecule has 0 unspecified atom stereocenters. The van der Waals surface area contributed by atoms with Crippen LogP contribution in [0.15, 0.2) is 54.6 Å². The largest absolute Gasteiger partial charge is 0.508 e. The number of benzene rings is 2. The Morgan fingerprint density at radius 2 is 1.25 bits per heavy atom. The van der Waals surface area contributed by atoms with Gasteiger partial charge in [-0.15, -0.1) is 0 Å². The molecule has 0 amide bonds. The minimum Gasteiger partial charge on any atom is -0.508 e. The van der Waals surface area contributed by atoms with Gasteiger partial charge in [0.1, 0.15) is 5.75 Å². The van der Waals surface area contributed by atoms with Crippen LogP contribution in [0.4, 0.5) is 5.95 Å².